The summed E-state index contributed by atoms with van der Waals surface area (Å²) in [5.74, 6) is 1.21. The van der Waals surface area contributed by atoms with E-state index in [0.29, 0.717) is 5.11 Å². The van der Waals surface area contributed by atoms with Crippen LogP contribution in [-0.4, -0.2) is 30.3 Å². The molecule has 0 radical (unpaired) electrons. The average Bonchev–Trinajstić information content (AvgIpc) is 2.64. The van der Waals surface area contributed by atoms with Crippen molar-refractivity contribution in [2.24, 2.45) is 0 Å². The largest absolute Gasteiger partial charge is 0.435 e. The van der Waals surface area contributed by atoms with Crippen LogP contribution in [0, 0.1) is 0 Å². The second-order valence-electron chi connectivity index (χ2n) is 5.54. The number of hydrogen-bond donors (Lipinski definition) is 2. The van der Waals surface area contributed by atoms with Crippen LogP contribution < -0.4 is 15.4 Å². The van der Waals surface area contributed by atoms with Crippen LogP contribution in [0.2, 0.25) is 0 Å². The minimum absolute atomic E-state index is 0.133. The van der Waals surface area contributed by atoms with Crippen LogP contribution >= 0.6 is 24.0 Å². The van der Waals surface area contributed by atoms with E-state index in [1.807, 2.05) is 30.3 Å². The van der Waals surface area contributed by atoms with E-state index in [2.05, 4.69) is 21.6 Å². The number of nitrogens with one attached hydrogen (secondary N) is 2. The molecule has 2 aromatic rings. The third-order valence-electron chi connectivity index (χ3n) is 3.66. The summed E-state index contributed by atoms with van der Waals surface area (Å²) in [4.78, 5) is 0. The highest BCUT2D eigenvalue weighted by atomic mass is 32.2. The predicted octanol–water partition coefficient (Wildman–Crippen LogP) is 4.59. The fourth-order valence-corrected chi connectivity index (χ4v) is 3.10. The third kappa shape index (κ3) is 6.80. The number of ether oxygens (including phenoxy) is 1. The van der Waals surface area contributed by atoms with Crippen molar-refractivity contribution in [3.8, 4) is 5.75 Å². The standard InChI is InChI=1S/C19H22F2N2OS2/c1-26-13-5-12-22-19(25)23-17(14-6-3-2-4-7-14)15-8-10-16(11-9-15)24-18(20)21/h2-4,6-11,17-18H,5,12-13H2,1H3,(H2,22,23,25)/t17-/m0/s1. The van der Waals surface area contributed by atoms with Gasteiger partial charge in [0.1, 0.15) is 5.75 Å². The van der Waals surface area contributed by atoms with Crippen molar-refractivity contribution in [2.75, 3.05) is 18.6 Å². The van der Waals surface area contributed by atoms with E-state index in [1.165, 1.54) is 12.1 Å². The Hall–Kier alpha value is -1.86. The Morgan fingerprint density at radius 3 is 2.35 bits per heavy atom. The molecule has 0 amide bonds. The van der Waals surface area contributed by atoms with Gasteiger partial charge in [0.2, 0.25) is 0 Å². The first kappa shape index (κ1) is 20.5. The Bertz CT molecular complexity index is 669. The summed E-state index contributed by atoms with van der Waals surface area (Å²) < 4.78 is 29.1. The molecule has 140 valence electrons. The highest BCUT2D eigenvalue weighted by Gasteiger charge is 2.15. The van der Waals surface area contributed by atoms with Gasteiger partial charge < -0.3 is 15.4 Å². The lowest BCUT2D eigenvalue weighted by Gasteiger charge is -2.22. The highest BCUT2D eigenvalue weighted by Crippen LogP contribution is 2.24. The molecule has 2 rings (SSSR count). The minimum Gasteiger partial charge on any atom is -0.435 e. The molecule has 0 aliphatic carbocycles. The van der Waals surface area contributed by atoms with Crippen LogP contribution in [-0.2, 0) is 0 Å². The molecule has 0 heterocycles. The lowest BCUT2D eigenvalue weighted by atomic mass is 9.99. The van der Waals surface area contributed by atoms with Crippen molar-refractivity contribution in [3.63, 3.8) is 0 Å². The molecular formula is C19H22F2N2OS2. The van der Waals surface area contributed by atoms with Gasteiger partial charge in [-0.1, -0.05) is 42.5 Å². The molecule has 3 nitrogen and oxygen atoms in total. The summed E-state index contributed by atoms with van der Waals surface area (Å²) in [6.45, 7) is -2.03. The fraction of sp³-hybridized carbons (Fsp3) is 0.316. The number of thiocarbonyl (C=S) groups is 1. The SMILES string of the molecule is CSCCCNC(=S)N[C@@H](c1ccccc1)c1ccc(OC(F)F)cc1. The van der Waals surface area contributed by atoms with Crippen molar-refractivity contribution in [3.05, 3.63) is 65.7 Å². The van der Waals surface area contributed by atoms with Gasteiger partial charge in [0, 0.05) is 6.54 Å². The van der Waals surface area contributed by atoms with Crippen molar-refractivity contribution in [1.82, 2.24) is 10.6 Å². The van der Waals surface area contributed by atoms with Crippen LogP contribution in [0.5, 0.6) is 5.75 Å². The van der Waals surface area contributed by atoms with Crippen LogP contribution in [0.3, 0.4) is 0 Å². The maximum Gasteiger partial charge on any atom is 0.387 e. The van der Waals surface area contributed by atoms with Gasteiger partial charge in [0.15, 0.2) is 5.11 Å². The van der Waals surface area contributed by atoms with Gasteiger partial charge >= 0.3 is 6.61 Å². The van der Waals surface area contributed by atoms with E-state index in [1.54, 1.807) is 23.9 Å². The number of hydrogen-bond acceptors (Lipinski definition) is 3. The molecule has 0 saturated carbocycles. The van der Waals surface area contributed by atoms with Crippen molar-refractivity contribution in [1.29, 1.82) is 0 Å². The van der Waals surface area contributed by atoms with E-state index >= 15 is 0 Å². The second-order valence-corrected chi connectivity index (χ2v) is 6.93. The van der Waals surface area contributed by atoms with Gasteiger partial charge in [-0.3, -0.25) is 0 Å². The molecule has 0 spiro atoms. The molecule has 0 saturated heterocycles. The summed E-state index contributed by atoms with van der Waals surface area (Å²) in [5.41, 5.74) is 1.94. The normalized spacial score (nSPS) is 11.8. The molecule has 2 N–H and O–H groups in total. The Morgan fingerprint density at radius 1 is 1.08 bits per heavy atom. The lowest BCUT2D eigenvalue weighted by Crippen LogP contribution is -2.38. The zero-order chi connectivity index (χ0) is 18.8. The average molecular weight is 397 g/mol. The summed E-state index contributed by atoms with van der Waals surface area (Å²) in [7, 11) is 0. The van der Waals surface area contributed by atoms with Crippen molar-refractivity contribution >= 4 is 29.1 Å². The van der Waals surface area contributed by atoms with Gasteiger partial charge in [-0.2, -0.15) is 20.5 Å². The molecule has 1 atom stereocenters. The Labute approximate surface area is 162 Å². The third-order valence-corrected chi connectivity index (χ3v) is 4.62. The maximum absolute atomic E-state index is 12.3. The van der Waals surface area contributed by atoms with Gasteiger partial charge in [0.25, 0.3) is 0 Å². The van der Waals surface area contributed by atoms with E-state index < -0.39 is 6.61 Å². The number of rotatable bonds is 9. The van der Waals surface area contributed by atoms with Crippen LogP contribution in [0.25, 0.3) is 0 Å². The molecule has 26 heavy (non-hydrogen) atoms. The first-order valence-corrected chi connectivity index (χ1v) is 10.0. The van der Waals surface area contributed by atoms with Crippen molar-refractivity contribution in [2.45, 2.75) is 19.1 Å². The highest BCUT2D eigenvalue weighted by molar-refractivity contribution is 7.98. The summed E-state index contributed by atoms with van der Waals surface area (Å²) in [5, 5.41) is 7.08. The van der Waals surface area contributed by atoms with Gasteiger partial charge in [-0.05, 0) is 53.9 Å². The molecule has 0 fully saturated rings. The molecular weight excluding hydrogens is 374 g/mol. The lowest BCUT2D eigenvalue weighted by molar-refractivity contribution is -0.0498. The Kier molecular flexibility index (Phi) is 8.64. The number of benzene rings is 2. The molecule has 0 aliphatic heterocycles. The quantitative estimate of drug-likeness (QED) is 0.478. The summed E-state index contributed by atoms with van der Waals surface area (Å²) in [6, 6.07) is 16.3. The number of alkyl halides is 2. The second kappa shape index (κ2) is 11.0. The molecule has 0 aliphatic rings. The van der Waals surface area contributed by atoms with E-state index in [4.69, 9.17) is 12.2 Å². The predicted molar refractivity (Wildman–Crippen MR) is 108 cm³/mol. The zero-order valence-corrected chi connectivity index (χ0v) is 16.1. The molecule has 0 bridgehead atoms. The van der Waals surface area contributed by atoms with Gasteiger partial charge in [0.05, 0.1) is 6.04 Å². The zero-order valence-electron chi connectivity index (χ0n) is 14.5. The molecule has 0 aromatic heterocycles. The molecule has 7 heteroatoms. The number of halogens is 2. The molecule has 2 aromatic carbocycles. The van der Waals surface area contributed by atoms with E-state index in [-0.39, 0.29) is 11.8 Å². The smallest absolute Gasteiger partial charge is 0.387 e. The van der Waals surface area contributed by atoms with Crippen molar-refractivity contribution < 1.29 is 13.5 Å². The number of thioether (sulfide) groups is 1. The topological polar surface area (TPSA) is 33.3 Å². The Balaban J connectivity index is 2.10. The monoisotopic (exact) mass is 396 g/mol. The van der Waals surface area contributed by atoms with E-state index in [0.717, 1.165) is 29.8 Å². The first-order valence-electron chi connectivity index (χ1n) is 8.23. The minimum atomic E-state index is -2.83. The first-order chi connectivity index (χ1) is 12.6. The van der Waals surface area contributed by atoms with Crippen LogP contribution in [0.15, 0.2) is 54.6 Å². The summed E-state index contributed by atoms with van der Waals surface area (Å²) >= 11 is 7.21. The Morgan fingerprint density at radius 2 is 1.73 bits per heavy atom. The van der Waals surface area contributed by atoms with Gasteiger partial charge in [-0.15, -0.1) is 0 Å². The maximum atomic E-state index is 12.3. The fourth-order valence-electron chi connectivity index (χ4n) is 2.45. The van der Waals surface area contributed by atoms with E-state index in [9.17, 15) is 8.78 Å². The van der Waals surface area contributed by atoms with Gasteiger partial charge in [-0.25, -0.2) is 0 Å². The van der Waals surface area contributed by atoms with Crippen LogP contribution in [0.1, 0.15) is 23.6 Å². The summed E-state index contributed by atoms with van der Waals surface area (Å²) in [6.07, 6.45) is 3.10. The van der Waals surface area contributed by atoms with Crippen LogP contribution in [0.4, 0.5) is 8.78 Å². The molecule has 0 unspecified atom stereocenters.